The fraction of sp³-hybridized carbons (Fsp3) is 0.348. The van der Waals surface area contributed by atoms with Gasteiger partial charge in [-0.2, -0.15) is 0 Å². The van der Waals surface area contributed by atoms with Crippen molar-refractivity contribution in [1.82, 2.24) is 9.59 Å². The third-order valence-corrected chi connectivity index (χ3v) is 6.28. The molecule has 0 bridgehead atoms. The highest BCUT2D eigenvalue weighted by molar-refractivity contribution is 7.03. The van der Waals surface area contributed by atoms with Gasteiger partial charge < -0.3 is 5.11 Å². The van der Waals surface area contributed by atoms with Crippen LogP contribution in [0, 0.1) is 11.8 Å². The standard InChI is InChI=1S/C23H24N2O2S/c26-23(27)19(7-6-16-4-2-1-3-5-16)12-13-20-14-21(20)17-8-10-18(11-9-17)22-15-28-25-24-22/h1-5,8-11,15,19-21H,6-7,12-14H2,(H,26,27). The fourth-order valence-electron chi connectivity index (χ4n) is 3.96. The van der Waals surface area contributed by atoms with Crippen molar-refractivity contribution in [3.8, 4) is 11.3 Å². The van der Waals surface area contributed by atoms with Crippen molar-refractivity contribution < 1.29 is 9.90 Å². The van der Waals surface area contributed by atoms with Crippen molar-refractivity contribution in [2.45, 2.75) is 38.0 Å². The van der Waals surface area contributed by atoms with E-state index in [0.717, 1.165) is 30.5 Å². The normalized spacial score (nSPS) is 19.3. The summed E-state index contributed by atoms with van der Waals surface area (Å²) in [6.45, 7) is 0. The lowest BCUT2D eigenvalue weighted by atomic mass is 9.93. The Balaban J connectivity index is 1.27. The molecule has 1 heterocycles. The van der Waals surface area contributed by atoms with Crippen LogP contribution in [0.15, 0.2) is 60.0 Å². The SMILES string of the molecule is O=C(O)C(CCc1ccccc1)CCC1CC1c1ccc(-c2csnn2)cc1. The fourth-order valence-corrected chi connectivity index (χ4v) is 4.42. The Kier molecular flexibility index (Phi) is 5.81. The summed E-state index contributed by atoms with van der Waals surface area (Å²) in [6, 6.07) is 18.7. The second kappa shape index (κ2) is 8.65. The molecule has 3 aromatic rings. The summed E-state index contributed by atoms with van der Waals surface area (Å²) in [4.78, 5) is 11.6. The van der Waals surface area contributed by atoms with Crippen molar-refractivity contribution >= 4 is 17.5 Å². The Morgan fingerprint density at radius 1 is 1.11 bits per heavy atom. The Morgan fingerprint density at radius 3 is 2.57 bits per heavy atom. The molecule has 144 valence electrons. The topological polar surface area (TPSA) is 63.1 Å². The second-order valence-corrected chi connectivity index (χ2v) is 8.26. The zero-order chi connectivity index (χ0) is 19.3. The van der Waals surface area contributed by atoms with Gasteiger partial charge in [0.1, 0.15) is 5.69 Å². The van der Waals surface area contributed by atoms with Crippen molar-refractivity contribution in [3.63, 3.8) is 0 Å². The maximum Gasteiger partial charge on any atom is 0.306 e. The Bertz CT molecular complexity index is 894. The minimum atomic E-state index is -0.658. The van der Waals surface area contributed by atoms with E-state index in [9.17, 15) is 9.90 Å². The van der Waals surface area contributed by atoms with Crippen LogP contribution in [-0.2, 0) is 11.2 Å². The molecule has 2 aromatic carbocycles. The highest BCUT2D eigenvalue weighted by atomic mass is 32.1. The van der Waals surface area contributed by atoms with Crippen molar-refractivity contribution in [1.29, 1.82) is 0 Å². The maximum atomic E-state index is 11.6. The lowest BCUT2D eigenvalue weighted by Gasteiger charge is -2.12. The first-order valence-corrected chi connectivity index (χ1v) is 10.7. The van der Waals surface area contributed by atoms with Crippen LogP contribution in [0.4, 0.5) is 0 Å². The number of carboxylic acid groups (broad SMARTS) is 1. The molecule has 1 saturated carbocycles. The summed E-state index contributed by atoms with van der Waals surface area (Å²) >= 11 is 1.36. The first-order valence-electron chi connectivity index (χ1n) is 9.85. The van der Waals surface area contributed by atoms with Gasteiger partial charge >= 0.3 is 5.97 Å². The van der Waals surface area contributed by atoms with E-state index in [1.54, 1.807) is 0 Å². The molecule has 3 atom stereocenters. The van der Waals surface area contributed by atoms with Crippen LogP contribution in [-0.4, -0.2) is 20.7 Å². The van der Waals surface area contributed by atoms with Crippen molar-refractivity contribution in [3.05, 3.63) is 71.1 Å². The van der Waals surface area contributed by atoms with Gasteiger partial charge in [-0.1, -0.05) is 59.1 Å². The van der Waals surface area contributed by atoms with Gasteiger partial charge in [-0.15, -0.1) is 5.10 Å². The minimum Gasteiger partial charge on any atom is -0.481 e. The van der Waals surface area contributed by atoms with E-state index in [1.807, 2.05) is 23.6 Å². The highest BCUT2D eigenvalue weighted by Gasteiger charge is 2.38. The number of carboxylic acids is 1. The molecular formula is C23H24N2O2S. The molecule has 5 heteroatoms. The molecule has 0 saturated heterocycles. The molecule has 1 N–H and O–H groups in total. The molecule has 0 aliphatic heterocycles. The molecule has 4 rings (SSSR count). The molecule has 3 unspecified atom stereocenters. The van der Waals surface area contributed by atoms with Gasteiger partial charge in [0.05, 0.1) is 5.92 Å². The van der Waals surface area contributed by atoms with Crippen LogP contribution >= 0.6 is 11.5 Å². The molecule has 0 amide bonds. The zero-order valence-corrected chi connectivity index (χ0v) is 16.5. The average molecular weight is 393 g/mol. The molecule has 4 nitrogen and oxygen atoms in total. The first-order chi connectivity index (χ1) is 13.7. The van der Waals surface area contributed by atoms with Gasteiger partial charge in [0.25, 0.3) is 0 Å². The predicted octanol–water partition coefficient (Wildman–Crippen LogP) is 5.42. The summed E-state index contributed by atoms with van der Waals surface area (Å²) in [7, 11) is 0. The Morgan fingerprint density at radius 2 is 1.89 bits per heavy atom. The lowest BCUT2D eigenvalue weighted by molar-refractivity contribution is -0.142. The third-order valence-electron chi connectivity index (χ3n) is 5.78. The van der Waals surface area contributed by atoms with Crippen LogP contribution < -0.4 is 0 Å². The molecule has 1 aromatic heterocycles. The van der Waals surface area contributed by atoms with Gasteiger partial charge in [0.2, 0.25) is 0 Å². The number of nitrogens with zero attached hydrogens (tertiary/aromatic N) is 2. The number of aromatic nitrogens is 2. The van der Waals surface area contributed by atoms with Crippen LogP contribution in [0.3, 0.4) is 0 Å². The second-order valence-electron chi connectivity index (χ2n) is 7.65. The van der Waals surface area contributed by atoms with E-state index in [0.29, 0.717) is 18.3 Å². The number of hydrogen-bond donors (Lipinski definition) is 1. The quantitative estimate of drug-likeness (QED) is 0.528. The minimum absolute atomic E-state index is 0.249. The van der Waals surface area contributed by atoms with Gasteiger partial charge in [0.15, 0.2) is 0 Å². The van der Waals surface area contributed by atoms with Gasteiger partial charge in [0, 0.05) is 10.9 Å². The number of benzene rings is 2. The summed E-state index contributed by atoms with van der Waals surface area (Å²) in [5.74, 6) is 0.284. The molecule has 28 heavy (non-hydrogen) atoms. The van der Waals surface area contributed by atoms with Crippen LogP contribution in [0.5, 0.6) is 0 Å². The smallest absolute Gasteiger partial charge is 0.306 e. The van der Waals surface area contributed by atoms with Crippen LogP contribution in [0.2, 0.25) is 0 Å². The monoisotopic (exact) mass is 392 g/mol. The Hall–Kier alpha value is -2.53. The summed E-state index contributed by atoms with van der Waals surface area (Å²) < 4.78 is 3.91. The van der Waals surface area contributed by atoms with E-state index in [-0.39, 0.29) is 5.92 Å². The van der Waals surface area contributed by atoms with Gasteiger partial charge in [-0.3, -0.25) is 4.79 Å². The number of aliphatic carboxylic acids is 1. The van der Waals surface area contributed by atoms with Crippen molar-refractivity contribution in [2.75, 3.05) is 0 Å². The van der Waals surface area contributed by atoms with E-state index in [4.69, 9.17) is 0 Å². The number of carbonyl (C=O) groups is 1. The van der Waals surface area contributed by atoms with Gasteiger partial charge in [-0.05, 0) is 66.6 Å². The van der Waals surface area contributed by atoms with Crippen molar-refractivity contribution in [2.24, 2.45) is 11.8 Å². The largest absolute Gasteiger partial charge is 0.481 e. The average Bonchev–Trinajstić information content (AvgIpc) is 3.28. The molecule has 1 aliphatic carbocycles. The van der Waals surface area contributed by atoms with Gasteiger partial charge in [-0.25, -0.2) is 0 Å². The molecule has 0 spiro atoms. The van der Waals surface area contributed by atoms with E-state index in [2.05, 4.69) is 46.0 Å². The molecule has 1 fully saturated rings. The molecule has 1 aliphatic rings. The summed E-state index contributed by atoms with van der Waals surface area (Å²) in [6.07, 6.45) is 4.48. The highest BCUT2D eigenvalue weighted by Crippen LogP contribution is 2.50. The lowest BCUT2D eigenvalue weighted by Crippen LogP contribution is -2.15. The first kappa shape index (κ1) is 18.8. The van der Waals surface area contributed by atoms with E-state index >= 15 is 0 Å². The van der Waals surface area contributed by atoms with E-state index in [1.165, 1.54) is 29.1 Å². The zero-order valence-electron chi connectivity index (χ0n) is 15.7. The number of aryl methyl sites for hydroxylation is 1. The molecular weight excluding hydrogens is 368 g/mol. The number of rotatable bonds is 9. The predicted molar refractivity (Wildman–Crippen MR) is 111 cm³/mol. The van der Waals surface area contributed by atoms with E-state index < -0.39 is 5.97 Å². The summed E-state index contributed by atoms with van der Waals surface area (Å²) in [5.41, 5.74) is 4.59. The third kappa shape index (κ3) is 4.65. The maximum absolute atomic E-state index is 11.6. The number of hydrogen-bond acceptors (Lipinski definition) is 4. The Labute approximate surface area is 169 Å². The molecule has 0 radical (unpaired) electrons. The summed E-state index contributed by atoms with van der Waals surface area (Å²) in [5, 5.41) is 15.6. The van der Waals surface area contributed by atoms with Crippen LogP contribution in [0.1, 0.15) is 42.7 Å². The van der Waals surface area contributed by atoms with Crippen LogP contribution in [0.25, 0.3) is 11.3 Å².